The Bertz CT molecular complexity index is 845. The summed E-state index contributed by atoms with van der Waals surface area (Å²) in [5, 5.41) is 11.5. The van der Waals surface area contributed by atoms with Crippen molar-refractivity contribution in [2.45, 2.75) is 51.3 Å². The fourth-order valence-electron chi connectivity index (χ4n) is 3.51. The SMILES string of the molecule is CN=C(NCC(C)(C)c1cccc(OC)c1)NC1CCc2nc(COC)nn2C1. The minimum absolute atomic E-state index is 0.0765. The topological polar surface area (TPSA) is 85.6 Å². The van der Waals surface area contributed by atoms with Crippen LogP contribution in [0.15, 0.2) is 29.3 Å². The molecule has 0 bridgehead atoms. The number of nitrogens with one attached hydrogen (secondary N) is 2. The van der Waals surface area contributed by atoms with E-state index in [9.17, 15) is 0 Å². The van der Waals surface area contributed by atoms with Gasteiger partial charge in [-0.2, -0.15) is 5.10 Å². The highest BCUT2D eigenvalue weighted by atomic mass is 16.5. The number of nitrogens with zero attached hydrogens (tertiary/aromatic N) is 4. The van der Waals surface area contributed by atoms with Crippen LogP contribution >= 0.6 is 0 Å². The van der Waals surface area contributed by atoms with Crippen LogP contribution in [0.25, 0.3) is 0 Å². The van der Waals surface area contributed by atoms with Crippen LogP contribution in [0.3, 0.4) is 0 Å². The maximum absolute atomic E-state index is 5.37. The summed E-state index contributed by atoms with van der Waals surface area (Å²) < 4.78 is 12.5. The first kappa shape index (κ1) is 21.1. The van der Waals surface area contributed by atoms with Crippen molar-refractivity contribution in [2.24, 2.45) is 4.99 Å². The number of hydrogen-bond donors (Lipinski definition) is 2. The molecule has 0 radical (unpaired) electrons. The van der Waals surface area contributed by atoms with Crippen LogP contribution in [0, 0.1) is 0 Å². The van der Waals surface area contributed by atoms with Crippen LogP contribution < -0.4 is 15.4 Å². The van der Waals surface area contributed by atoms with Gasteiger partial charge in [0, 0.05) is 38.6 Å². The van der Waals surface area contributed by atoms with Crippen molar-refractivity contribution < 1.29 is 9.47 Å². The summed E-state index contributed by atoms with van der Waals surface area (Å²) in [4.78, 5) is 8.94. The molecule has 2 aromatic rings. The fraction of sp³-hybridized carbons (Fsp3) is 0.571. The van der Waals surface area contributed by atoms with Gasteiger partial charge in [0.25, 0.3) is 0 Å². The molecule has 1 aliphatic heterocycles. The van der Waals surface area contributed by atoms with Crippen molar-refractivity contribution in [3.63, 3.8) is 0 Å². The highest BCUT2D eigenvalue weighted by Gasteiger charge is 2.24. The minimum Gasteiger partial charge on any atom is -0.497 e. The number of rotatable bonds is 7. The number of methoxy groups -OCH3 is 2. The van der Waals surface area contributed by atoms with Gasteiger partial charge in [-0.1, -0.05) is 26.0 Å². The highest BCUT2D eigenvalue weighted by molar-refractivity contribution is 5.80. The number of aromatic nitrogens is 3. The summed E-state index contributed by atoms with van der Waals surface area (Å²) in [6.45, 7) is 6.38. The average molecular weight is 401 g/mol. The monoisotopic (exact) mass is 400 g/mol. The van der Waals surface area contributed by atoms with Gasteiger partial charge in [0.15, 0.2) is 11.8 Å². The Morgan fingerprint density at radius 2 is 2.17 bits per heavy atom. The van der Waals surface area contributed by atoms with Gasteiger partial charge < -0.3 is 20.1 Å². The molecule has 1 aliphatic rings. The molecular weight excluding hydrogens is 368 g/mol. The van der Waals surface area contributed by atoms with Gasteiger partial charge in [0.2, 0.25) is 0 Å². The first-order valence-electron chi connectivity index (χ1n) is 9.98. The van der Waals surface area contributed by atoms with E-state index in [1.165, 1.54) is 5.56 Å². The molecule has 0 spiro atoms. The number of fused-ring (bicyclic) bond motifs is 1. The molecular formula is C21H32N6O2. The van der Waals surface area contributed by atoms with Crippen LogP contribution in [0.1, 0.15) is 37.5 Å². The molecule has 0 saturated heterocycles. The van der Waals surface area contributed by atoms with Gasteiger partial charge in [0.1, 0.15) is 18.2 Å². The molecule has 29 heavy (non-hydrogen) atoms. The van der Waals surface area contributed by atoms with E-state index in [-0.39, 0.29) is 11.5 Å². The zero-order valence-corrected chi connectivity index (χ0v) is 18.0. The van der Waals surface area contributed by atoms with E-state index in [4.69, 9.17) is 9.47 Å². The molecule has 1 unspecified atom stereocenters. The summed E-state index contributed by atoms with van der Waals surface area (Å²) in [7, 11) is 5.15. The van der Waals surface area contributed by atoms with Crippen molar-refractivity contribution in [1.29, 1.82) is 0 Å². The van der Waals surface area contributed by atoms with Gasteiger partial charge in [0.05, 0.1) is 13.7 Å². The number of guanidine groups is 1. The van der Waals surface area contributed by atoms with Crippen LogP contribution in [0.2, 0.25) is 0 Å². The molecule has 158 valence electrons. The van der Waals surface area contributed by atoms with E-state index < -0.39 is 0 Å². The zero-order valence-electron chi connectivity index (χ0n) is 18.0. The molecule has 0 saturated carbocycles. The first-order chi connectivity index (χ1) is 13.9. The van der Waals surface area contributed by atoms with Crippen LogP contribution in [-0.4, -0.2) is 54.6 Å². The zero-order chi connectivity index (χ0) is 20.9. The van der Waals surface area contributed by atoms with Gasteiger partial charge in [-0.3, -0.25) is 4.99 Å². The lowest BCUT2D eigenvalue weighted by Gasteiger charge is -2.29. The van der Waals surface area contributed by atoms with Crippen molar-refractivity contribution >= 4 is 5.96 Å². The Morgan fingerprint density at radius 3 is 2.90 bits per heavy atom. The third kappa shape index (κ3) is 5.26. The smallest absolute Gasteiger partial charge is 0.191 e. The predicted octanol–water partition coefficient (Wildman–Crippen LogP) is 1.89. The van der Waals surface area contributed by atoms with Crippen LogP contribution in [0.4, 0.5) is 0 Å². The van der Waals surface area contributed by atoms with E-state index in [2.05, 4.69) is 51.7 Å². The van der Waals surface area contributed by atoms with Crippen molar-refractivity contribution in [3.05, 3.63) is 41.5 Å². The van der Waals surface area contributed by atoms with Crippen LogP contribution in [-0.2, 0) is 29.7 Å². The van der Waals surface area contributed by atoms with E-state index in [1.54, 1.807) is 21.3 Å². The highest BCUT2D eigenvalue weighted by Crippen LogP contribution is 2.25. The second-order valence-electron chi connectivity index (χ2n) is 7.98. The number of aryl methyl sites for hydroxylation is 1. The summed E-state index contributed by atoms with van der Waals surface area (Å²) in [6, 6.07) is 8.46. The lowest BCUT2D eigenvalue weighted by atomic mass is 9.84. The maximum Gasteiger partial charge on any atom is 0.191 e. The Morgan fingerprint density at radius 1 is 1.34 bits per heavy atom. The largest absolute Gasteiger partial charge is 0.497 e. The molecule has 2 N–H and O–H groups in total. The Kier molecular flexibility index (Phi) is 6.74. The predicted molar refractivity (Wildman–Crippen MR) is 113 cm³/mol. The van der Waals surface area contributed by atoms with Crippen molar-refractivity contribution in [1.82, 2.24) is 25.4 Å². The number of hydrogen-bond acceptors (Lipinski definition) is 5. The third-order valence-corrected chi connectivity index (χ3v) is 5.29. The van der Waals surface area contributed by atoms with Gasteiger partial charge in [-0.05, 0) is 24.1 Å². The quantitative estimate of drug-likeness (QED) is 0.545. The summed E-state index contributed by atoms with van der Waals surface area (Å²) in [6.07, 6.45) is 1.88. The van der Waals surface area contributed by atoms with Crippen molar-refractivity contribution in [2.75, 3.05) is 27.8 Å². The van der Waals surface area contributed by atoms with E-state index in [0.717, 1.165) is 49.3 Å². The Hall–Kier alpha value is -2.61. The molecule has 1 aromatic heterocycles. The standard InChI is InChI=1S/C21H32N6O2/c1-21(2,15-7-6-8-17(11-15)29-5)14-23-20(22-3)24-16-9-10-19-25-18(13-28-4)26-27(19)12-16/h6-8,11,16H,9-10,12-14H2,1-5H3,(H2,22,23,24). The molecule has 0 fully saturated rings. The number of ether oxygens (including phenoxy) is 2. The molecule has 2 heterocycles. The molecule has 8 nitrogen and oxygen atoms in total. The molecule has 1 atom stereocenters. The summed E-state index contributed by atoms with van der Waals surface area (Å²) in [5.41, 5.74) is 1.14. The maximum atomic E-state index is 5.37. The lowest BCUT2D eigenvalue weighted by Crippen LogP contribution is -2.49. The third-order valence-electron chi connectivity index (χ3n) is 5.29. The second kappa shape index (κ2) is 9.26. The Labute approximate surface area is 172 Å². The van der Waals surface area contributed by atoms with Gasteiger partial charge in [-0.25, -0.2) is 9.67 Å². The first-order valence-corrected chi connectivity index (χ1v) is 9.98. The summed E-state index contributed by atoms with van der Waals surface area (Å²) >= 11 is 0. The minimum atomic E-state index is -0.0765. The normalized spacial score (nSPS) is 17.0. The fourth-order valence-corrected chi connectivity index (χ4v) is 3.51. The lowest BCUT2D eigenvalue weighted by molar-refractivity contribution is 0.177. The summed E-state index contributed by atoms with van der Waals surface area (Å²) in [5.74, 6) is 3.44. The molecule has 1 aromatic carbocycles. The van der Waals surface area contributed by atoms with Gasteiger partial charge >= 0.3 is 0 Å². The van der Waals surface area contributed by atoms with Crippen LogP contribution in [0.5, 0.6) is 5.75 Å². The molecule has 8 heteroatoms. The van der Waals surface area contributed by atoms with Crippen molar-refractivity contribution in [3.8, 4) is 5.75 Å². The molecule has 0 aliphatic carbocycles. The van der Waals surface area contributed by atoms with Gasteiger partial charge in [-0.15, -0.1) is 0 Å². The van der Waals surface area contributed by atoms with E-state index in [1.807, 2.05) is 16.8 Å². The molecule has 3 rings (SSSR count). The number of benzene rings is 1. The van der Waals surface area contributed by atoms with E-state index in [0.29, 0.717) is 6.61 Å². The Balaban J connectivity index is 1.58. The molecule has 0 amide bonds. The van der Waals surface area contributed by atoms with E-state index >= 15 is 0 Å². The number of aliphatic imine (C=N–C) groups is 1. The second-order valence-corrected chi connectivity index (χ2v) is 7.98. The average Bonchev–Trinajstić information content (AvgIpc) is 3.13.